The van der Waals surface area contributed by atoms with Crippen LogP contribution in [0.1, 0.15) is 49.7 Å². The van der Waals surface area contributed by atoms with Crippen molar-refractivity contribution in [3.8, 4) is 11.3 Å². The van der Waals surface area contributed by atoms with Crippen molar-refractivity contribution in [3.63, 3.8) is 0 Å². The fourth-order valence-corrected chi connectivity index (χ4v) is 6.00. The first-order chi connectivity index (χ1) is 19.4. The van der Waals surface area contributed by atoms with Crippen molar-refractivity contribution < 1.29 is 9.53 Å². The molecule has 212 valence electrons. The van der Waals surface area contributed by atoms with Crippen LogP contribution in [0.25, 0.3) is 11.3 Å². The lowest BCUT2D eigenvalue weighted by Gasteiger charge is -2.35. The molecule has 1 saturated carbocycles. The zero-order valence-electron chi connectivity index (χ0n) is 22.7. The normalized spacial score (nSPS) is 19.6. The quantitative estimate of drug-likeness (QED) is 0.276. The van der Waals surface area contributed by atoms with Gasteiger partial charge in [-0.05, 0) is 69.8 Å². The van der Waals surface area contributed by atoms with Gasteiger partial charge < -0.3 is 21.1 Å². The molecule has 1 aromatic heterocycles. The first-order valence-corrected chi connectivity index (χ1v) is 14.7. The maximum Gasteiger partial charge on any atom is 0.323 e. The van der Waals surface area contributed by atoms with Gasteiger partial charge >= 0.3 is 5.97 Å². The van der Waals surface area contributed by atoms with Crippen LogP contribution in [0.3, 0.4) is 0 Å². The summed E-state index contributed by atoms with van der Waals surface area (Å²) in [6.45, 7) is 1.98. The van der Waals surface area contributed by atoms with Crippen LogP contribution in [0, 0.1) is 0 Å². The summed E-state index contributed by atoms with van der Waals surface area (Å²) in [5.74, 6) is 0.685. The molecular weight excluding hydrogens is 547 g/mol. The van der Waals surface area contributed by atoms with Crippen LogP contribution in [-0.4, -0.2) is 52.6 Å². The second-order valence-corrected chi connectivity index (χ2v) is 11.5. The summed E-state index contributed by atoms with van der Waals surface area (Å²) in [5.41, 5.74) is 9.70. The lowest BCUT2D eigenvalue weighted by Crippen LogP contribution is -2.50. The van der Waals surface area contributed by atoms with Crippen LogP contribution in [0.2, 0.25) is 10.0 Å². The van der Waals surface area contributed by atoms with Gasteiger partial charge in [-0.2, -0.15) is 0 Å². The summed E-state index contributed by atoms with van der Waals surface area (Å²) in [6, 6.07) is 13.8. The maximum absolute atomic E-state index is 12.7. The van der Waals surface area contributed by atoms with Crippen molar-refractivity contribution in [1.29, 1.82) is 0 Å². The third-order valence-electron chi connectivity index (χ3n) is 7.85. The number of benzene rings is 2. The van der Waals surface area contributed by atoms with E-state index in [4.69, 9.17) is 38.7 Å². The zero-order chi connectivity index (χ0) is 28.1. The van der Waals surface area contributed by atoms with E-state index in [1.165, 1.54) is 5.56 Å². The van der Waals surface area contributed by atoms with Crippen LogP contribution in [-0.2, 0) is 22.6 Å². The predicted molar refractivity (Wildman–Crippen MR) is 160 cm³/mol. The van der Waals surface area contributed by atoms with Gasteiger partial charge in [0.05, 0.1) is 11.9 Å². The van der Waals surface area contributed by atoms with E-state index in [1.807, 2.05) is 12.1 Å². The third kappa shape index (κ3) is 7.04. The summed E-state index contributed by atoms with van der Waals surface area (Å²) in [4.78, 5) is 24.1. The molecule has 2 aromatic carbocycles. The number of halogens is 2. The number of hydrogen-bond acceptors (Lipinski definition) is 8. The highest BCUT2D eigenvalue weighted by Gasteiger charge is 2.32. The molecule has 2 atom stereocenters. The molecule has 1 aliphatic heterocycles. The molecule has 0 radical (unpaired) electrons. The van der Waals surface area contributed by atoms with Gasteiger partial charge in [-0.15, -0.1) is 0 Å². The monoisotopic (exact) mass is 582 g/mol. The first-order valence-electron chi connectivity index (χ1n) is 13.9. The van der Waals surface area contributed by atoms with E-state index in [0.717, 1.165) is 62.7 Å². The smallest absolute Gasteiger partial charge is 0.323 e. The Morgan fingerprint density at radius 2 is 1.85 bits per heavy atom. The fourth-order valence-electron chi connectivity index (χ4n) is 5.47. The number of aromatic nitrogens is 2. The van der Waals surface area contributed by atoms with E-state index in [2.05, 4.69) is 39.7 Å². The second kappa shape index (κ2) is 13.2. The highest BCUT2D eigenvalue weighted by Crippen LogP contribution is 2.28. The summed E-state index contributed by atoms with van der Waals surface area (Å²) in [7, 11) is 2.12. The van der Waals surface area contributed by atoms with Crippen LogP contribution in [0.5, 0.6) is 0 Å². The van der Waals surface area contributed by atoms with Crippen molar-refractivity contribution in [2.24, 2.45) is 0 Å². The average molecular weight is 584 g/mol. The molecule has 2 aliphatic rings. The van der Waals surface area contributed by atoms with E-state index in [0.29, 0.717) is 40.0 Å². The minimum atomic E-state index is -0.231. The van der Waals surface area contributed by atoms with Gasteiger partial charge in [-0.1, -0.05) is 53.5 Å². The van der Waals surface area contributed by atoms with E-state index >= 15 is 0 Å². The molecule has 5 rings (SSSR count). The number of nitrogen functional groups attached to an aromatic ring is 1. The Balaban J connectivity index is 1.18. The Morgan fingerprint density at radius 3 is 2.58 bits per heavy atom. The van der Waals surface area contributed by atoms with Crippen LogP contribution < -0.4 is 16.4 Å². The lowest BCUT2D eigenvalue weighted by atomic mass is 9.97. The van der Waals surface area contributed by atoms with Gasteiger partial charge in [0, 0.05) is 40.3 Å². The minimum Gasteiger partial charge on any atom is -0.461 e. The van der Waals surface area contributed by atoms with Crippen LogP contribution >= 0.6 is 23.2 Å². The molecule has 4 N–H and O–H groups in total. The number of nitrogens with zero attached hydrogens (tertiary/aromatic N) is 3. The van der Waals surface area contributed by atoms with Crippen molar-refractivity contribution >= 4 is 40.8 Å². The molecule has 0 bridgehead atoms. The Kier molecular flexibility index (Phi) is 9.42. The highest BCUT2D eigenvalue weighted by atomic mass is 35.5. The number of piperidine rings is 1. The maximum atomic E-state index is 12.7. The molecule has 1 aliphatic carbocycles. The van der Waals surface area contributed by atoms with Crippen LogP contribution in [0.15, 0.2) is 48.7 Å². The molecule has 1 saturated heterocycles. The van der Waals surface area contributed by atoms with E-state index in [9.17, 15) is 4.79 Å². The summed E-state index contributed by atoms with van der Waals surface area (Å²) < 4.78 is 5.76. The van der Waals surface area contributed by atoms with Gasteiger partial charge in [-0.3, -0.25) is 9.69 Å². The molecule has 1 unspecified atom stereocenters. The topological polar surface area (TPSA) is 105 Å². The molecule has 40 heavy (non-hydrogen) atoms. The molecule has 3 aromatic rings. The number of rotatable bonds is 9. The summed E-state index contributed by atoms with van der Waals surface area (Å²) in [6.07, 6.45) is 7.83. The number of hydrogen-bond donors (Lipinski definition) is 3. The van der Waals surface area contributed by atoms with Gasteiger partial charge in [0.15, 0.2) is 11.6 Å². The predicted octanol–water partition coefficient (Wildman–Crippen LogP) is 5.68. The van der Waals surface area contributed by atoms with E-state index in [-0.39, 0.29) is 18.1 Å². The number of ether oxygens (including phenoxy) is 1. The van der Waals surface area contributed by atoms with Crippen molar-refractivity contribution in [2.75, 3.05) is 24.6 Å². The minimum absolute atomic E-state index is 0.0946. The molecule has 2 fully saturated rings. The van der Waals surface area contributed by atoms with Gasteiger partial charge in [-0.25, -0.2) is 9.97 Å². The molecule has 0 amide bonds. The van der Waals surface area contributed by atoms with Crippen molar-refractivity contribution in [2.45, 2.75) is 69.8 Å². The third-order valence-corrected chi connectivity index (χ3v) is 8.55. The van der Waals surface area contributed by atoms with Crippen molar-refractivity contribution in [3.05, 3.63) is 69.8 Å². The first kappa shape index (κ1) is 28.6. The highest BCUT2D eigenvalue weighted by molar-refractivity contribution is 6.36. The zero-order valence-corrected chi connectivity index (χ0v) is 24.2. The van der Waals surface area contributed by atoms with Gasteiger partial charge in [0.1, 0.15) is 12.1 Å². The molecule has 8 nitrogen and oxygen atoms in total. The summed E-state index contributed by atoms with van der Waals surface area (Å²) >= 11 is 12.6. The number of nitrogens with one attached hydrogen (secondary N) is 2. The van der Waals surface area contributed by atoms with Crippen molar-refractivity contribution in [1.82, 2.24) is 20.2 Å². The standard InChI is InChI=1S/C30H36Cl2N6O2/c1-38(21-13-14-34-26(15-21)30(39)40-22-5-2-3-6-22)18-19-9-11-20(12-10-19)27-17-35-28(33)29(37-27)36-16-23-24(31)7-4-8-25(23)32/h4,7-12,17,21-22,26,34H,2-3,5-6,13-16,18H2,1H3,(H2,33,35)(H,36,37)/t21?,26-/m1/s1. The number of carbonyl (C=O) groups excluding carboxylic acids is 1. The number of esters is 1. The van der Waals surface area contributed by atoms with E-state index in [1.54, 1.807) is 24.4 Å². The number of carbonyl (C=O) groups is 1. The average Bonchev–Trinajstić information content (AvgIpc) is 3.47. The van der Waals surface area contributed by atoms with Gasteiger partial charge in [0.2, 0.25) is 0 Å². The second-order valence-electron chi connectivity index (χ2n) is 10.7. The number of anilines is 2. The Bertz CT molecular complexity index is 1300. The number of nitrogens with two attached hydrogens (primary N) is 1. The molecule has 10 heteroatoms. The van der Waals surface area contributed by atoms with Crippen LogP contribution in [0.4, 0.5) is 11.6 Å². The Morgan fingerprint density at radius 1 is 1.12 bits per heavy atom. The molecule has 2 heterocycles. The SMILES string of the molecule is CN(Cc1ccc(-c2cnc(N)c(NCc3c(Cl)cccc3Cl)n2)cc1)C1CCN[C@@H](C(=O)OC2CCCC2)C1. The van der Waals surface area contributed by atoms with E-state index < -0.39 is 0 Å². The Labute approximate surface area is 245 Å². The molecular formula is C30H36Cl2N6O2. The fraction of sp³-hybridized carbons (Fsp3) is 0.433. The lowest BCUT2D eigenvalue weighted by molar-refractivity contribution is -0.152. The summed E-state index contributed by atoms with van der Waals surface area (Å²) in [5, 5.41) is 7.72. The largest absolute Gasteiger partial charge is 0.461 e. The molecule has 0 spiro atoms. The Hall–Kier alpha value is -2.91. The van der Waals surface area contributed by atoms with Gasteiger partial charge in [0.25, 0.3) is 0 Å².